The third kappa shape index (κ3) is 3.50. The van der Waals surface area contributed by atoms with Gasteiger partial charge in [0.2, 0.25) is 0 Å². The minimum absolute atomic E-state index is 0.0231. The summed E-state index contributed by atoms with van der Waals surface area (Å²) in [6.45, 7) is 5.07. The number of pyridine rings is 1. The van der Waals surface area contributed by atoms with Gasteiger partial charge in [-0.1, -0.05) is 26.7 Å². The second-order valence-electron chi connectivity index (χ2n) is 5.99. The Bertz CT molecular complexity index is 454. The third-order valence-corrected chi connectivity index (χ3v) is 3.96. The molecule has 0 saturated heterocycles. The van der Waals surface area contributed by atoms with Gasteiger partial charge in [-0.2, -0.15) is 0 Å². The van der Waals surface area contributed by atoms with E-state index >= 15 is 0 Å². The number of hydrogen-bond donors (Lipinski definition) is 1. The highest BCUT2D eigenvalue weighted by atomic mass is 16.3. The SMILES string of the molecule is CC(C)CCN(C(=O)c1ncccc1O)C1CCCC1. The van der Waals surface area contributed by atoms with E-state index in [2.05, 4.69) is 18.8 Å². The predicted octanol–water partition coefficient (Wildman–Crippen LogP) is 3.22. The lowest BCUT2D eigenvalue weighted by Crippen LogP contribution is -2.40. The molecule has 4 nitrogen and oxygen atoms in total. The molecule has 0 atom stereocenters. The van der Waals surface area contributed by atoms with Crippen molar-refractivity contribution >= 4 is 5.91 Å². The first-order valence-corrected chi connectivity index (χ1v) is 7.54. The maximum atomic E-state index is 12.7. The number of hydrogen-bond acceptors (Lipinski definition) is 3. The number of nitrogens with zero attached hydrogens (tertiary/aromatic N) is 2. The largest absolute Gasteiger partial charge is 0.505 e. The van der Waals surface area contributed by atoms with E-state index in [0.717, 1.165) is 25.8 Å². The molecule has 1 aliphatic rings. The van der Waals surface area contributed by atoms with Crippen LogP contribution in [0.3, 0.4) is 0 Å². The van der Waals surface area contributed by atoms with Crippen molar-refractivity contribution in [1.82, 2.24) is 9.88 Å². The number of amides is 1. The average molecular weight is 276 g/mol. The Morgan fingerprint density at radius 1 is 1.45 bits per heavy atom. The molecule has 0 unspecified atom stereocenters. The lowest BCUT2D eigenvalue weighted by Gasteiger charge is -2.29. The Kier molecular flexibility index (Phi) is 4.99. The molecule has 4 heteroatoms. The van der Waals surface area contributed by atoms with Crippen LogP contribution in [-0.2, 0) is 0 Å². The van der Waals surface area contributed by atoms with Crippen molar-refractivity contribution in [2.75, 3.05) is 6.54 Å². The summed E-state index contributed by atoms with van der Waals surface area (Å²) in [4.78, 5) is 18.7. The van der Waals surface area contributed by atoms with Crippen LogP contribution >= 0.6 is 0 Å². The molecule has 0 bridgehead atoms. The van der Waals surface area contributed by atoms with Gasteiger partial charge in [-0.05, 0) is 37.3 Å². The van der Waals surface area contributed by atoms with E-state index in [1.807, 2.05) is 4.90 Å². The third-order valence-electron chi connectivity index (χ3n) is 3.96. The lowest BCUT2D eigenvalue weighted by atomic mass is 10.1. The van der Waals surface area contributed by atoms with Gasteiger partial charge < -0.3 is 10.0 Å². The molecule has 1 heterocycles. The summed E-state index contributed by atoms with van der Waals surface area (Å²) in [5, 5.41) is 9.84. The molecule has 0 radical (unpaired) electrons. The van der Waals surface area contributed by atoms with Gasteiger partial charge in [0.1, 0.15) is 5.75 Å². The van der Waals surface area contributed by atoms with E-state index < -0.39 is 0 Å². The Balaban J connectivity index is 2.16. The molecule has 0 spiro atoms. The molecule has 1 aromatic rings. The van der Waals surface area contributed by atoms with Gasteiger partial charge >= 0.3 is 0 Å². The second kappa shape index (κ2) is 6.73. The van der Waals surface area contributed by atoms with Crippen LogP contribution in [0.15, 0.2) is 18.3 Å². The van der Waals surface area contributed by atoms with Crippen LogP contribution in [0, 0.1) is 5.92 Å². The van der Waals surface area contributed by atoms with Crippen molar-refractivity contribution in [1.29, 1.82) is 0 Å². The first kappa shape index (κ1) is 14.8. The number of rotatable bonds is 5. The van der Waals surface area contributed by atoms with Crippen molar-refractivity contribution in [2.24, 2.45) is 5.92 Å². The molecule has 1 amide bonds. The van der Waals surface area contributed by atoms with Gasteiger partial charge in [-0.25, -0.2) is 4.98 Å². The Morgan fingerprint density at radius 2 is 2.15 bits per heavy atom. The van der Waals surface area contributed by atoms with Crippen molar-refractivity contribution < 1.29 is 9.90 Å². The minimum atomic E-state index is -0.129. The first-order chi connectivity index (χ1) is 9.59. The quantitative estimate of drug-likeness (QED) is 0.898. The van der Waals surface area contributed by atoms with E-state index in [1.54, 1.807) is 12.3 Å². The number of aromatic hydroxyl groups is 1. The van der Waals surface area contributed by atoms with Gasteiger partial charge in [0, 0.05) is 18.8 Å². The van der Waals surface area contributed by atoms with Gasteiger partial charge in [0.25, 0.3) is 5.91 Å². The lowest BCUT2D eigenvalue weighted by molar-refractivity contribution is 0.0662. The fourth-order valence-corrected chi connectivity index (χ4v) is 2.76. The van der Waals surface area contributed by atoms with Crippen molar-refractivity contribution in [3.05, 3.63) is 24.0 Å². The monoisotopic (exact) mass is 276 g/mol. The summed E-state index contributed by atoms with van der Waals surface area (Å²) in [6, 6.07) is 3.47. The molecule has 2 rings (SSSR count). The van der Waals surface area contributed by atoms with Gasteiger partial charge in [-0.3, -0.25) is 4.79 Å². The second-order valence-corrected chi connectivity index (χ2v) is 5.99. The van der Waals surface area contributed by atoms with E-state index in [-0.39, 0.29) is 17.4 Å². The topological polar surface area (TPSA) is 53.4 Å². The molecule has 1 N–H and O–H groups in total. The smallest absolute Gasteiger partial charge is 0.276 e. The molecule has 0 aliphatic heterocycles. The summed E-state index contributed by atoms with van der Waals surface area (Å²) in [5.74, 6) is 0.407. The Labute approximate surface area is 120 Å². The first-order valence-electron chi connectivity index (χ1n) is 7.54. The fraction of sp³-hybridized carbons (Fsp3) is 0.625. The molecule has 110 valence electrons. The molecule has 1 fully saturated rings. The fourth-order valence-electron chi connectivity index (χ4n) is 2.76. The standard InChI is InChI=1S/C16H24N2O2/c1-12(2)9-11-18(13-6-3-4-7-13)16(20)15-14(19)8-5-10-17-15/h5,8,10,12-13,19H,3-4,6-7,9,11H2,1-2H3. The van der Waals surface area contributed by atoms with Crippen molar-refractivity contribution in [3.63, 3.8) is 0 Å². The summed E-state index contributed by atoms with van der Waals surface area (Å²) in [5.41, 5.74) is 0.183. The molecule has 1 saturated carbocycles. The van der Waals surface area contributed by atoms with Crippen LogP contribution in [0.25, 0.3) is 0 Å². The summed E-state index contributed by atoms with van der Waals surface area (Å²) < 4.78 is 0. The normalized spacial score (nSPS) is 15.8. The molecule has 20 heavy (non-hydrogen) atoms. The molecule has 1 aliphatic carbocycles. The number of carbonyl (C=O) groups is 1. The maximum Gasteiger partial charge on any atom is 0.276 e. The number of carbonyl (C=O) groups excluding carboxylic acids is 1. The van der Waals surface area contributed by atoms with E-state index in [1.165, 1.54) is 18.9 Å². The molecular weight excluding hydrogens is 252 g/mol. The van der Waals surface area contributed by atoms with E-state index in [9.17, 15) is 9.90 Å². The Hall–Kier alpha value is -1.58. The highest BCUT2D eigenvalue weighted by Crippen LogP contribution is 2.27. The van der Waals surface area contributed by atoms with Gasteiger partial charge in [-0.15, -0.1) is 0 Å². The molecule has 0 aromatic carbocycles. The molecule has 1 aromatic heterocycles. The summed E-state index contributed by atoms with van der Waals surface area (Å²) in [6.07, 6.45) is 7.04. The van der Waals surface area contributed by atoms with Crippen LogP contribution < -0.4 is 0 Å². The summed E-state index contributed by atoms with van der Waals surface area (Å²) in [7, 11) is 0. The maximum absolute atomic E-state index is 12.7. The van der Waals surface area contributed by atoms with Crippen molar-refractivity contribution in [3.8, 4) is 5.75 Å². The van der Waals surface area contributed by atoms with E-state index in [4.69, 9.17) is 0 Å². The van der Waals surface area contributed by atoms with Crippen molar-refractivity contribution in [2.45, 2.75) is 52.0 Å². The average Bonchev–Trinajstić information content (AvgIpc) is 2.93. The Morgan fingerprint density at radius 3 is 2.75 bits per heavy atom. The van der Waals surface area contributed by atoms with E-state index in [0.29, 0.717) is 12.0 Å². The minimum Gasteiger partial charge on any atom is -0.505 e. The van der Waals surface area contributed by atoms with Crippen LogP contribution in [0.4, 0.5) is 0 Å². The molecular formula is C16H24N2O2. The zero-order chi connectivity index (χ0) is 14.5. The van der Waals surface area contributed by atoms with Crippen LogP contribution in [0.1, 0.15) is 56.4 Å². The van der Waals surface area contributed by atoms with Gasteiger partial charge in [0.15, 0.2) is 5.69 Å². The zero-order valence-electron chi connectivity index (χ0n) is 12.4. The summed E-state index contributed by atoms with van der Waals surface area (Å²) >= 11 is 0. The highest BCUT2D eigenvalue weighted by Gasteiger charge is 2.29. The predicted molar refractivity (Wildman–Crippen MR) is 78.6 cm³/mol. The number of aromatic nitrogens is 1. The van der Waals surface area contributed by atoms with Crippen LogP contribution in [-0.4, -0.2) is 33.5 Å². The van der Waals surface area contributed by atoms with Gasteiger partial charge in [0.05, 0.1) is 0 Å². The van der Waals surface area contributed by atoms with Crippen LogP contribution in [0.5, 0.6) is 5.75 Å². The van der Waals surface area contributed by atoms with Crippen LogP contribution in [0.2, 0.25) is 0 Å². The highest BCUT2D eigenvalue weighted by molar-refractivity contribution is 5.95. The zero-order valence-corrected chi connectivity index (χ0v) is 12.4.